The number of aromatic nitrogens is 2. The van der Waals surface area contributed by atoms with E-state index >= 15 is 0 Å². The third-order valence-corrected chi connectivity index (χ3v) is 5.38. The first-order valence-corrected chi connectivity index (χ1v) is 10.0. The van der Waals surface area contributed by atoms with E-state index in [-0.39, 0.29) is 0 Å². The Labute approximate surface area is 159 Å². The van der Waals surface area contributed by atoms with Gasteiger partial charge in [-0.2, -0.15) is 0 Å². The molecule has 0 fully saturated rings. The Hall–Kier alpha value is -2.08. The zero-order valence-electron chi connectivity index (χ0n) is 15.5. The van der Waals surface area contributed by atoms with Crippen molar-refractivity contribution in [2.45, 2.75) is 33.5 Å². The van der Waals surface area contributed by atoms with Crippen molar-refractivity contribution in [2.24, 2.45) is 0 Å². The minimum Gasteiger partial charge on any atom is -0.307 e. The summed E-state index contributed by atoms with van der Waals surface area (Å²) in [5, 5.41) is 6.62. The summed E-state index contributed by atoms with van der Waals surface area (Å²) in [4.78, 5) is 11.5. The van der Waals surface area contributed by atoms with Crippen LogP contribution in [0.3, 0.4) is 0 Å². The van der Waals surface area contributed by atoms with Crippen molar-refractivity contribution in [3.63, 3.8) is 0 Å². The molecule has 0 radical (unpaired) electrons. The van der Waals surface area contributed by atoms with Crippen LogP contribution in [-0.2, 0) is 19.6 Å². The molecule has 0 saturated heterocycles. The lowest BCUT2D eigenvalue weighted by molar-refractivity contribution is 0.294. The highest BCUT2D eigenvalue weighted by Gasteiger charge is 2.08. The number of pyridine rings is 1. The van der Waals surface area contributed by atoms with Crippen LogP contribution in [0, 0.1) is 0 Å². The summed E-state index contributed by atoms with van der Waals surface area (Å²) in [6, 6.07) is 14.6. The summed E-state index contributed by atoms with van der Waals surface area (Å²) >= 11 is 1.65. The van der Waals surface area contributed by atoms with E-state index in [1.807, 2.05) is 24.4 Å². The number of nitrogens with zero attached hydrogens (tertiary/aromatic N) is 3. The molecule has 26 heavy (non-hydrogen) atoms. The van der Waals surface area contributed by atoms with Crippen LogP contribution >= 0.6 is 11.3 Å². The number of thiazole rings is 1. The Balaban J connectivity index is 1.58. The minimum atomic E-state index is 0.767. The van der Waals surface area contributed by atoms with Crippen molar-refractivity contribution in [2.75, 3.05) is 13.1 Å². The highest BCUT2D eigenvalue weighted by atomic mass is 32.1. The van der Waals surface area contributed by atoms with Crippen LogP contribution in [0.25, 0.3) is 10.7 Å². The average Bonchev–Trinajstić information content (AvgIpc) is 3.17. The molecule has 0 spiro atoms. The molecule has 0 aliphatic rings. The number of hydrogen-bond donors (Lipinski definition) is 1. The Morgan fingerprint density at radius 2 is 1.73 bits per heavy atom. The van der Waals surface area contributed by atoms with E-state index in [9.17, 15) is 0 Å². The van der Waals surface area contributed by atoms with Crippen molar-refractivity contribution in [1.29, 1.82) is 0 Å². The van der Waals surface area contributed by atoms with Gasteiger partial charge in [-0.15, -0.1) is 11.3 Å². The number of hydrogen-bond acceptors (Lipinski definition) is 5. The normalized spacial score (nSPS) is 11.2. The zero-order valence-corrected chi connectivity index (χ0v) is 16.3. The van der Waals surface area contributed by atoms with Crippen LogP contribution in [0.1, 0.15) is 30.7 Å². The van der Waals surface area contributed by atoms with Gasteiger partial charge >= 0.3 is 0 Å². The molecule has 0 bridgehead atoms. The average molecular weight is 367 g/mol. The fourth-order valence-electron chi connectivity index (χ4n) is 2.89. The van der Waals surface area contributed by atoms with Crippen molar-refractivity contribution >= 4 is 11.3 Å². The van der Waals surface area contributed by atoms with Crippen molar-refractivity contribution < 1.29 is 0 Å². The third-order valence-electron chi connectivity index (χ3n) is 4.46. The molecule has 0 atom stereocenters. The summed E-state index contributed by atoms with van der Waals surface area (Å²) in [6.07, 6.45) is 1.81. The van der Waals surface area contributed by atoms with Crippen LogP contribution < -0.4 is 5.32 Å². The summed E-state index contributed by atoms with van der Waals surface area (Å²) in [6.45, 7) is 9.21. The number of nitrogens with one attached hydrogen (secondary N) is 1. The Morgan fingerprint density at radius 1 is 0.962 bits per heavy atom. The molecule has 3 rings (SSSR count). The molecule has 0 aliphatic carbocycles. The van der Waals surface area contributed by atoms with Gasteiger partial charge in [-0.25, -0.2) is 4.98 Å². The second-order valence-corrected chi connectivity index (χ2v) is 7.05. The van der Waals surface area contributed by atoms with Gasteiger partial charge in [0.15, 0.2) is 0 Å². The molecule has 136 valence electrons. The predicted octanol–water partition coefficient (Wildman–Crippen LogP) is 4.34. The maximum atomic E-state index is 4.69. The second-order valence-electron chi connectivity index (χ2n) is 6.19. The number of rotatable bonds is 9. The first-order chi connectivity index (χ1) is 12.8. The minimum absolute atomic E-state index is 0.767. The molecule has 0 saturated carbocycles. The number of benzene rings is 1. The van der Waals surface area contributed by atoms with E-state index in [1.54, 1.807) is 11.3 Å². The third kappa shape index (κ3) is 4.97. The topological polar surface area (TPSA) is 41.0 Å². The van der Waals surface area contributed by atoms with Crippen LogP contribution in [-0.4, -0.2) is 28.0 Å². The maximum Gasteiger partial charge on any atom is 0.142 e. The van der Waals surface area contributed by atoms with E-state index in [0.717, 1.165) is 49.1 Å². The maximum absolute atomic E-state index is 4.69. The lowest BCUT2D eigenvalue weighted by atomic mass is 10.1. The van der Waals surface area contributed by atoms with E-state index in [4.69, 9.17) is 4.98 Å². The molecular weight excluding hydrogens is 340 g/mol. The lowest BCUT2D eigenvalue weighted by Crippen LogP contribution is -2.23. The second kappa shape index (κ2) is 9.57. The molecule has 2 heterocycles. The molecule has 1 N–H and O–H groups in total. The van der Waals surface area contributed by atoms with Crippen molar-refractivity contribution in [3.8, 4) is 10.7 Å². The van der Waals surface area contributed by atoms with Crippen LogP contribution in [0.5, 0.6) is 0 Å². The van der Waals surface area contributed by atoms with Crippen molar-refractivity contribution in [3.05, 3.63) is 70.9 Å². The summed E-state index contributed by atoms with van der Waals surface area (Å²) in [5.74, 6) is 0. The highest BCUT2D eigenvalue weighted by Crippen LogP contribution is 2.21. The summed E-state index contributed by atoms with van der Waals surface area (Å²) in [5.41, 5.74) is 4.76. The van der Waals surface area contributed by atoms with Gasteiger partial charge in [0.25, 0.3) is 0 Å². The van der Waals surface area contributed by atoms with Crippen LogP contribution in [0.4, 0.5) is 0 Å². The fraction of sp³-hybridized carbons (Fsp3) is 0.333. The Kier molecular flexibility index (Phi) is 6.89. The molecule has 0 unspecified atom stereocenters. The first kappa shape index (κ1) is 18.7. The summed E-state index contributed by atoms with van der Waals surface area (Å²) < 4.78 is 0. The zero-order chi connectivity index (χ0) is 18.2. The van der Waals surface area contributed by atoms with Gasteiger partial charge in [0, 0.05) is 31.2 Å². The molecule has 2 aromatic heterocycles. The molecule has 4 nitrogen and oxygen atoms in total. The SMILES string of the molecule is CCN(CC)Cc1ccccc1CNCc1csc(-c2ccccn2)n1. The first-order valence-electron chi connectivity index (χ1n) is 9.15. The van der Waals surface area contributed by atoms with Gasteiger partial charge in [-0.3, -0.25) is 9.88 Å². The monoisotopic (exact) mass is 366 g/mol. The smallest absolute Gasteiger partial charge is 0.142 e. The molecule has 5 heteroatoms. The standard InChI is InChI=1S/C21H26N4S/c1-3-25(4-2)15-18-10-6-5-9-17(18)13-22-14-19-16-26-21(24-19)20-11-7-8-12-23-20/h5-12,16,22H,3-4,13-15H2,1-2H3. The largest absolute Gasteiger partial charge is 0.307 e. The molecule has 0 aliphatic heterocycles. The van der Waals surface area contributed by atoms with Gasteiger partial charge in [0.05, 0.1) is 11.4 Å². The highest BCUT2D eigenvalue weighted by molar-refractivity contribution is 7.13. The van der Waals surface area contributed by atoms with Gasteiger partial charge in [-0.1, -0.05) is 44.2 Å². The van der Waals surface area contributed by atoms with Crippen LogP contribution in [0.2, 0.25) is 0 Å². The van der Waals surface area contributed by atoms with Crippen LogP contribution in [0.15, 0.2) is 54.0 Å². The van der Waals surface area contributed by atoms with Gasteiger partial charge < -0.3 is 5.32 Å². The van der Waals surface area contributed by atoms with Gasteiger partial charge in [-0.05, 0) is 36.3 Å². The Morgan fingerprint density at radius 3 is 2.46 bits per heavy atom. The predicted molar refractivity (Wildman–Crippen MR) is 109 cm³/mol. The quantitative estimate of drug-likeness (QED) is 0.612. The van der Waals surface area contributed by atoms with E-state index in [0.29, 0.717) is 0 Å². The van der Waals surface area contributed by atoms with Gasteiger partial charge in [0.2, 0.25) is 0 Å². The van der Waals surface area contributed by atoms with Crippen molar-refractivity contribution in [1.82, 2.24) is 20.2 Å². The van der Waals surface area contributed by atoms with E-state index in [2.05, 4.69) is 58.7 Å². The Bertz CT molecular complexity index is 797. The molecule has 1 aromatic carbocycles. The van der Waals surface area contributed by atoms with E-state index in [1.165, 1.54) is 11.1 Å². The fourth-order valence-corrected chi connectivity index (χ4v) is 3.69. The molecule has 3 aromatic rings. The van der Waals surface area contributed by atoms with E-state index < -0.39 is 0 Å². The van der Waals surface area contributed by atoms with Gasteiger partial charge in [0.1, 0.15) is 5.01 Å². The molecular formula is C21H26N4S. The summed E-state index contributed by atoms with van der Waals surface area (Å²) in [7, 11) is 0. The lowest BCUT2D eigenvalue weighted by Gasteiger charge is -2.20. The molecule has 0 amide bonds.